The van der Waals surface area contributed by atoms with Crippen molar-refractivity contribution in [2.75, 3.05) is 6.54 Å². The molecule has 1 aromatic rings. The van der Waals surface area contributed by atoms with Crippen LogP contribution in [0.3, 0.4) is 0 Å². The Morgan fingerprint density at radius 1 is 1.41 bits per heavy atom. The third-order valence-corrected chi connectivity index (χ3v) is 2.92. The first kappa shape index (κ1) is 11.6. The Balaban J connectivity index is 2.36. The summed E-state index contributed by atoms with van der Waals surface area (Å²) in [7, 11) is 0. The van der Waals surface area contributed by atoms with Crippen molar-refractivity contribution in [3.8, 4) is 0 Å². The van der Waals surface area contributed by atoms with Crippen molar-refractivity contribution in [3.05, 3.63) is 35.9 Å². The molecule has 1 aliphatic heterocycles. The van der Waals surface area contributed by atoms with E-state index in [0.717, 1.165) is 5.56 Å². The highest BCUT2D eigenvalue weighted by Gasteiger charge is 2.40. The number of cyclic esters (lactones) is 1. The summed E-state index contributed by atoms with van der Waals surface area (Å²) < 4.78 is 5.40. The lowest BCUT2D eigenvalue weighted by atomic mass is 9.85. The predicted molar refractivity (Wildman–Crippen MR) is 62.5 cm³/mol. The van der Waals surface area contributed by atoms with E-state index in [1.807, 2.05) is 30.3 Å². The molecule has 90 valence electrons. The quantitative estimate of drug-likeness (QED) is 0.868. The fourth-order valence-corrected chi connectivity index (χ4v) is 2.20. The average molecular weight is 233 g/mol. The van der Waals surface area contributed by atoms with E-state index >= 15 is 0 Å². The van der Waals surface area contributed by atoms with E-state index in [2.05, 4.69) is 5.32 Å². The van der Waals surface area contributed by atoms with Gasteiger partial charge in [0, 0.05) is 13.0 Å². The maximum Gasteiger partial charge on any atom is 0.408 e. The van der Waals surface area contributed by atoms with Gasteiger partial charge in [0.1, 0.15) is 11.4 Å². The average Bonchev–Trinajstić information content (AvgIpc) is 2.29. The van der Waals surface area contributed by atoms with Crippen molar-refractivity contribution < 1.29 is 14.3 Å². The van der Waals surface area contributed by atoms with Crippen molar-refractivity contribution >= 4 is 11.9 Å². The lowest BCUT2D eigenvalue weighted by molar-refractivity contribution is -0.123. The van der Waals surface area contributed by atoms with Gasteiger partial charge in [-0.25, -0.2) is 4.79 Å². The molecule has 1 unspecified atom stereocenters. The van der Waals surface area contributed by atoms with Gasteiger partial charge in [0.2, 0.25) is 0 Å². The number of alkyl carbamates (subject to hydrolysis) is 1. The highest BCUT2D eigenvalue weighted by Crippen LogP contribution is 2.35. The number of ether oxygens (including phenoxy) is 1. The van der Waals surface area contributed by atoms with Crippen LogP contribution in [0.5, 0.6) is 0 Å². The van der Waals surface area contributed by atoms with E-state index in [1.165, 1.54) is 6.92 Å². The topological polar surface area (TPSA) is 55.4 Å². The summed E-state index contributed by atoms with van der Waals surface area (Å²) in [6, 6.07) is 9.44. The van der Waals surface area contributed by atoms with Crippen molar-refractivity contribution in [2.45, 2.75) is 25.4 Å². The molecule has 0 bridgehead atoms. The molecule has 0 saturated carbocycles. The van der Waals surface area contributed by atoms with Crippen LogP contribution >= 0.6 is 0 Å². The molecule has 17 heavy (non-hydrogen) atoms. The Kier molecular flexibility index (Phi) is 3.13. The highest BCUT2D eigenvalue weighted by molar-refractivity contribution is 5.78. The molecule has 1 heterocycles. The fourth-order valence-electron chi connectivity index (χ4n) is 2.20. The molecule has 2 rings (SSSR count). The summed E-state index contributed by atoms with van der Waals surface area (Å²) in [5, 5.41) is 2.61. The van der Waals surface area contributed by atoms with E-state index in [4.69, 9.17) is 4.74 Å². The highest BCUT2D eigenvalue weighted by atomic mass is 16.6. The number of carbonyl (C=O) groups is 2. The third-order valence-electron chi connectivity index (χ3n) is 2.92. The summed E-state index contributed by atoms with van der Waals surface area (Å²) in [6.07, 6.45) is 0.383. The second kappa shape index (κ2) is 4.57. The normalized spacial score (nSPS) is 23.7. The molecule has 0 radical (unpaired) electrons. The van der Waals surface area contributed by atoms with Crippen LogP contribution in [0.2, 0.25) is 0 Å². The Bertz CT molecular complexity index is 426. The van der Waals surface area contributed by atoms with Crippen LogP contribution in [0.15, 0.2) is 30.3 Å². The summed E-state index contributed by atoms with van der Waals surface area (Å²) in [6.45, 7) is 2.04. The van der Waals surface area contributed by atoms with Gasteiger partial charge in [0.25, 0.3) is 0 Å². The number of rotatable bonds is 3. The molecule has 0 aliphatic carbocycles. The second-order valence-corrected chi connectivity index (χ2v) is 4.31. The number of carbonyl (C=O) groups excluding carboxylic acids is 2. The second-order valence-electron chi connectivity index (χ2n) is 4.31. The van der Waals surface area contributed by atoms with Crippen LogP contribution in [0, 0.1) is 0 Å². The van der Waals surface area contributed by atoms with E-state index in [0.29, 0.717) is 13.0 Å². The number of ketones is 1. The molecular weight excluding hydrogens is 218 g/mol. The van der Waals surface area contributed by atoms with Crippen LogP contribution in [0.4, 0.5) is 4.79 Å². The molecular formula is C13H15NO3. The molecule has 1 fully saturated rings. The first-order valence-corrected chi connectivity index (χ1v) is 5.64. The maximum atomic E-state index is 11.4. The summed E-state index contributed by atoms with van der Waals surface area (Å²) >= 11 is 0. The molecule has 0 aromatic heterocycles. The SMILES string of the molecule is CC(=O)CC1(c2ccccc2)CCNC(=O)O1. The molecule has 0 spiro atoms. The Morgan fingerprint density at radius 3 is 2.71 bits per heavy atom. The first-order valence-electron chi connectivity index (χ1n) is 5.64. The molecule has 1 N–H and O–H groups in total. The molecule has 1 aliphatic rings. The summed E-state index contributed by atoms with van der Waals surface area (Å²) in [4.78, 5) is 22.8. The Labute approximate surface area is 100.0 Å². The molecule has 4 heteroatoms. The largest absolute Gasteiger partial charge is 0.438 e. The van der Waals surface area contributed by atoms with Gasteiger partial charge in [-0.15, -0.1) is 0 Å². The van der Waals surface area contributed by atoms with Gasteiger partial charge in [-0.2, -0.15) is 0 Å². The van der Waals surface area contributed by atoms with Crippen LogP contribution in [0.1, 0.15) is 25.3 Å². The third kappa shape index (κ3) is 2.46. The van der Waals surface area contributed by atoms with Gasteiger partial charge >= 0.3 is 6.09 Å². The minimum absolute atomic E-state index is 0.0172. The van der Waals surface area contributed by atoms with E-state index in [-0.39, 0.29) is 12.2 Å². The van der Waals surface area contributed by atoms with Crippen LogP contribution in [-0.2, 0) is 15.1 Å². The minimum atomic E-state index is -0.796. The standard InChI is InChI=1S/C13H15NO3/c1-10(15)9-13(7-8-14-12(16)17-13)11-5-3-2-4-6-11/h2-6H,7-9H2,1H3,(H,14,16). The van der Waals surface area contributed by atoms with Crippen molar-refractivity contribution in [1.29, 1.82) is 0 Å². The van der Waals surface area contributed by atoms with Gasteiger partial charge in [-0.05, 0) is 12.5 Å². The molecule has 1 aromatic carbocycles. The van der Waals surface area contributed by atoms with E-state index in [9.17, 15) is 9.59 Å². The number of benzene rings is 1. The zero-order chi connectivity index (χ0) is 12.3. The number of amides is 1. The van der Waals surface area contributed by atoms with E-state index < -0.39 is 11.7 Å². The minimum Gasteiger partial charge on any atom is -0.438 e. The number of hydrogen-bond donors (Lipinski definition) is 1. The number of Topliss-reactive ketones (excluding diaryl/α,β-unsaturated/α-hetero) is 1. The van der Waals surface area contributed by atoms with Gasteiger partial charge in [-0.1, -0.05) is 30.3 Å². The van der Waals surface area contributed by atoms with Crippen LogP contribution in [0.25, 0.3) is 0 Å². The van der Waals surface area contributed by atoms with Gasteiger partial charge in [0.05, 0.1) is 6.42 Å². The summed E-state index contributed by atoms with van der Waals surface area (Å²) in [5.41, 5.74) is 0.0835. The van der Waals surface area contributed by atoms with Gasteiger partial charge < -0.3 is 10.1 Å². The van der Waals surface area contributed by atoms with Crippen molar-refractivity contribution in [3.63, 3.8) is 0 Å². The molecule has 1 saturated heterocycles. The number of nitrogens with one attached hydrogen (secondary N) is 1. The predicted octanol–water partition coefficient (Wildman–Crippen LogP) is 1.99. The molecule has 1 atom stereocenters. The Morgan fingerprint density at radius 2 is 2.12 bits per heavy atom. The first-order chi connectivity index (χ1) is 8.12. The van der Waals surface area contributed by atoms with Crippen molar-refractivity contribution in [2.24, 2.45) is 0 Å². The lowest BCUT2D eigenvalue weighted by Gasteiger charge is -2.36. The summed E-state index contributed by atoms with van der Waals surface area (Å²) in [5.74, 6) is 0.0172. The van der Waals surface area contributed by atoms with E-state index in [1.54, 1.807) is 0 Å². The Hall–Kier alpha value is -1.84. The smallest absolute Gasteiger partial charge is 0.408 e. The molecule has 4 nitrogen and oxygen atoms in total. The van der Waals surface area contributed by atoms with Gasteiger partial charge in [0.15, 0.2) is 0 Å². The number of hydrogen-bond acceptors (Lipinski definition) is 3. The monoisotopic (exact) mass is 233 g/mol. The molecule has 1 amide bonds. The van der Waals surface area contributed by atoms with Crippen LogP contribution in [-0.4, -0.2) is 18.4 Å². The fraction of sp³-hybridized carbons (Fsp3) is 0.385. The van der Waals surface area contributed by atoms with Gasteiger partial charge in [-0.3, -0.25) is 4.79 Å². The van der Waals surface area contributed by atoms with Crippen molar-refractivity contribution in [1.82, 2.24) is 5.32 Å². The van der Waals surface area contributed by atoms with Crippen LogP contribution < -0.4 is 5.32 Å². The zero-order valence-corrected chi connectivity index (χ0v) is 9.73. The zero-order valence-electron chi connectivity index (χ0n) is 9.73. The maximum absolute atomic E-state index is 11.4. The lowest BCUT2D eigenvalue weighted by Crippen LogP contribution is -2.46.